The quantitative estimate of drug-likeness (QED) is 0.156. The molecule has 0 fully saturated rings. The van der Waals surface area contributed by atoms with E-state index in [0.717, 1.165) is 22.2 Å². The minimum absolute atomic E-state index is 0.0267. The molecule has 4 rings (SSSR count). The highest BCUT2D eigenvalue weighted by atomic mass is 19.2. The molecular formula is C24H18F5N3O. The van der Waals surface area contributed by atoms with E-state index in [2.05, 4.69) is 11.7 Å². The van der Waals surface area contributed by atoms with E-state index < -0.39 is 40.7 Å². The minimum Gasteiger partial charge on any atom is -0.340 e. The molecule has 4 nitrogen and oxygen atoms in total. The molecule has 33 heavy (non-hydrogen) atoms. The zero-order valence-electron chi connectivity index (χ0n) is 17.9. The normalized spacial score (nSPS) is 15.2. The number of amides is 1. The van der Waals surface area contributed by atoms with Crippen LogP contribution in [0.2, 0.25) is 0 Å². The number of allylic oxidation sites excluding steroid dienone is 1. The predicted octanol–water partition coefficient (Wildman–Crippen LogP) is 5.95. The van der Waals surface area contributed by atoms with Crippen LogP contribution in [-0.2, 0) is 11.3 Å². The van der Waals surface area contributed by atoms with Gasteiger partial charge in [0.1, 0.15) is 5.69 Å². The number of carbonyl (C=O) groups is 1. The highest BCUT2D eigenvalue weighted by molar-refractivity contribution is 6.32. The third kappa shape index (κ3) is 3.26. The molecule has 1 aliphatic heterocycles. The van der Waals surface area contributed by atoms with Gasteiger partial charge in [0.15, 0.2) is 23.3 Å². The first-order valence-electron chi connectivity index (χ1n) is 9.92. The topological polar surface area (TPSA) is 37.6 Å². The third-order valence-corrected chi connectivity index (χ3v) is 5.65. The number of rotatable bonds is 4. The lowest BCUT2D eigenvalue weighted by atomic mass is 10.0. The third-order valence-electron chi connectivity index (χ3n) is 5.65. The molecule has 0 saturated heterocycles. The highest BCUT2D eigenvalue weighted by Gasteiger charge is 2.37. The summed E-state index contributed by atoms with van der Waals surface area (Å²) in [5.74, 6) is -11.9. The van der Waals surface area contributed by atoms with Gasteiger partial charge in [-0.25, -0.2) is 22.0 Å². The Balaban J connectivity index is 1.89. The molecular weight excluding hydrogens is 441 g/mol. The van der Waals surface area contributed by atoms with Crippen molar-refractivity contribution in [2.45, 2.75) is 27.3 Å². The second kappa shape index (κ2) is 7.99. The smallest absolute Gasteiger partial charge is 0.280 e. The van der Waals surface area contributed by atoms with E-state index in [4.69, 9.17) is 0 Å². The monoisotopic (exact) mass is 459 g/mol. The largest absolute Gasteiger partial charge is 0.340 e. The maximum absolute atomic E-state index is 14.3. The number of nitrogens with zero attached hydrogens (tertiary/aromatic N) is 3. The Bertz CT molecular complexity index is 1390. The number of aryl methyl sites for hydroxylation is 1. The van der Waals surface area contributed by atoms with Gasteiger partial charge in [-0.05, 0) is 32.4 Å². The van der Waals surface area contributed by atoms with Gasteiger partial charge in [0.25, 0.3) is 5.91 Å². The number of para-hydroxylation sites is 1. The van der Waals surface area contributed by atoms with Crippen LogP contribution in [0.25, 0.3) is 17.0 Å². The van der Waals surface area contributed by atoms with E-state index in [9.17, 15) is 26.7 Å². The summed E-state index contributed by atoms with van der Waals surface area (Å²) in [6.45, 7) is 9.49. The van der Waals surface area contributed by atoms with Crippen LogP contribution in [0.4, 0.5) is 27.6 Å². The van der Waals surface area contributed by atoms with Crippen LogP contribution in [0.5, 0.6) is 0 Å². The summed E-state index contributed by atoms with van der Waals surface area (Å²) < 4.78 is 71.4. The van der Waals surface area contributed by atoms with Gasteiger partial charge >= 0.3 is 0 Å². The Labute approximate surface area is 185 Å². The molecule has 0 aliphatic carbocycles. The van der Waals surface area contributed by atoms with Crippen LogP contribution in [0.15, 0.2) is 41.5 Å². The minimum atomic E-state index is -2.31. The molecule has 9 heteroatoms. The first-order valence-corrected chi connectivity index (χ1v) is 9.92. The molecule has 2 aromatic carbocycles. The summed E-state index contributed by atoms with van der Waals surface area (Å²) >= 11 is 0. The maximum Gasteiger partial charge on any atom is 0.280 e. The number of halogens is 5. The fourth-order valence-electron chi connectivity index (χ4n) is 4.04. The van der Waals surface area contributed by atoms with Crippen molar-refractivity contribution in [2.24, 2.45) is 5.10 Å². The zero-order valence-corrected chi connectivity index (χ0v) is 17.9. The average molecular weight is 459 g/mol. The summed E-state index contributed by atoms with van der Waals surface area (Å²) in [7, 11) is 0. The zero-order chi connectivity index (χ0) is 24.2. The van der Waals surface area contributed by atoms with Crippen molar-refractivity contribution < 1.29 is 26.7 Å². The van der Waals surface area contributed by atoms with Crippen molar-refractivity contribution in [1.29, 1.82) is 0 Å². The molecule has 1 aliphatic rings. The van der Waals surface area contributed by atoms with Gasteiger partial charge < -0.3 is 4.57 Å². The van der Waals surface area contributed by atoms with E-state index in [1.165, 1.54) is 13.0 Å². The van der Waals surface area contributed by atoms with Gasteiger partial charge in [-0.1, -0.05) is 24.3 Å². The highest BCUT2D eigenvalue weighted by Crippen LogP contribution is 2.35. The second-order valence-electron chi connectivity index (χ2n) is 7.65. The van der Waals surface area contributed by atoms with Crippen molar-refractivity contribution >= 4 is 34.3 Å². The summed E-state index contributed by atoms with van der Waals surface area (Å²) in [5.41, 5.74) is 2.03. The number of hydrazone groups is 1. The van der Waals surface area contributed by atoms with Gasteiger partial charge in [0.05, 0.1) is 16.8 Å². The number of fused-ring (bicyclic) bond motifs is 1. The molecule has 0 N–H and O–H groups in total. The lowest BCUT2D eigenvalue weighted by Gasteiger charge is -2.15. The Kier molecular flexibility index (Phi) is 5.43. The van der Waals surface area contributed by atoms with Gasteiger partial charge in [-0.2, -0.15) is 10.1 Å². The van der Waals surface area contributed by atoms with Crippen LogP contribution in [-0.4, -0.2) is 16.2 Å². The van der Waals surface area contributed by atoms with Crippen molar-refractivity contribution in [3.05, 3.63) is 82.3 Å². The molecule has 3 aromatic rings. The molecule has 0 unspecified atom stereocenters. The molecule has 170 valence electrons. The Morgan fingerprint density at radius 1 is 0.970 bits per heavy atom. The molecule has 0 radical (unpaired) electrons. The Morgan fingerprint density at radius 2 is 1.58 bits per heavy atom. The van der Waals surface area contributed by atoms with Gasteiger partial charge in [0, 0.05) is 23.2 Å². The number of anilines is 1. The Hall–Kier alpha value is -3.75. The van der Waals surface area contributed by atoms with Gasteiger partial charge in [0.2, 0.25) is 5.82 Å². The van der Waals surface area contributed by atoms with Crippen molar-refractivity contribution in [1.82, 2.24) is 4.57 Å². The lowest BCUT2D eigenvalue weighted by Crippen LogP contribution is -2.25. The summed E-state index contributed by atoms with van der Waals surface area (Å²) in [6.07, 6.45) is 3.25. The van der Waals surface area contributed by atoms with Crippen molar-refractivity contribution in [3.63, 3.8) is 0 Å². The molecule has 2 heterocycles. The molecule has 0 bridgehead atoms. The fourth-order valence-corrected chi connectivity index (χ4v) is 4.04. The van der Waals surface area contributed by atoms with Gasteiger partial charge in [-0.3, -0.25) is 4.79 Å². The number of hydrogen-bond donors (Lipinski definition) is 0. The molecule has 0 atom stereocenters. The van der Waals surface area contributed by atoms with E-state index in [0.29, 0.717) is 12.1 Å². The van der Waals surface area contributed by atoms with Crippen LogP contribution < -0.4 is 5.01 Å². The van der Waals surface area contributed by atoms with Crippen LogP contribution in [0.3, 0.4) is 0 Å². The number of aromatic nitrogens is 1. The number of carbonyl (C=O) groups excluding carboxylic acids is 1. The van der Waals surface area contributed by atoms with Crippen LogP contribution in [0.1, 0.15) is 23.7 Å². The predicted molar refractivity (Wildman–Crippen MR) is 116 cm³/mol. The van der Waals surface area contributed by atoms with E-state index in [1.54, 1.807) is 6.08 Å². The molecule has 0 spiro atoms. The number of benzene rings is 2. The SMILES string of the molecule is C=CCn1c(C)c(/C=C2/C(=O)N(c3c(F)c(F)c(F)c(F)c3F)N=C2C)c2cccc(C)c21. The van der Waals surface area contributed by atoms with Crippen LogP contribution >= 0.6 is 0 Å². The van der Waals surface area contributed by atoms with E-state index >= 15 is 0 Å². The molecule has 0 saturated carbocycles. The lowest BCUT2D eigenvalue weighted by molar-refractivity contribution is -0.114. The van der Waals surface area contributed by atoms with Crippen molar-refractivity contribution in [2.75, 3.05) is 5.01 Å². The second-order valence-corrected chi connectivity index (χ2v) is 7.65. The summed E-state index contributed by atoms with van der Waals surface area (Å²) in [6, 6.07) is 5.67. The summed E-state index contributed by atoms with van der Waals surface area (Å²) in [4.78, 5) is 13.0. The molecule has 1 aromatic heterocycles. The summed E-state index contributed by atoms with van der Waals surface area (Å²) in [5, 5.41) is 4.83. The average Bonchev–Trinajstić information content (AvgIpc) is 3.21. The van der Waals surface area contributed by atoms with E-state index in [-0.39, 0.29) is 16.3 Å². The first kappa shape index (κ1) is 22.4. The van der Waals surface area contributed by atoms with Gasteiger partial charge in [-0.15, -0.1) is 6.58 Å². The number of hydrogen-bond acceptors (Lipinski definition) is 2. The fraction of sp³-hybridized carbons (Fsp3) is 0.167. The Morgan fingerprint density at radius 3 is 2.18 bits per heavy atom. The first-order chi connectivity index (χ1) is 15.6. The molecule has 1 amide bonds. The van der Waals surface area contributed by atoms with Crippen LogP contribution in [0, 0.1) is 42.9 Å². The standard InChI is InChI=1S/C24H18F5N3O/c1-5-9-31-13(4)16(14-8-6-7-11(2)22(14)31)10-15-12(3)30-32(24(15)33)23-20(28)18(26)17(25)19(27)21(23)29/h5-8,10H,1,9H2,2-4H3/b15-10+. The maximum atomic E-state index is 14.3. The van der Waals surface area contributed by atoms with Crippen molar-refractivity contribution in [3.8, 4) is 0 Å². The van der Waals surface area contributed by atoms with E-state index in [1.807, 2.05) is 36.6 Å².